The number of nitrogens with one attached hydrogen (secondary N) is 2. The van der Waals surface area contributed by atoms with E-state index in [4.69, 9.17) is 4.74 Å². The van der Waals surface area contributed by atoms with Crippen LogP contribution in [0.25, 0.3) is 10.9 Å². The molecular formula is C29H28FN5O3. The fourth-order valence-electron chi connectivity index (χ4n) is 5.77. The molecule has 2 bridgehead atoms. The number of fused-ring (bicyclic) bond motifs is 2. The average molecular weight is 514 g/mol. The van der Waals surface area contributed by atoms with Crippen LogP contribution in [0, 0.1) is 24.6 Å². The van der Waals surface area contributed by atoms with E-state index < -0.39 is 5.82 Å². The van der Waals surface area contributed by atoms with Crippen molar-refractivity contribution < 1.29 is 18.7 Å². The second-order valence-electron chi connectivity index (χ2n) is 10.3. The van der Waals surface area contributed by atoms with Crippen LogP contribution in [0.15, 0.2) is 55.0 Å². The van der Waals surface area contributed by atoms with Crippen molar-refractivity contribution in [2.75, 3.05) is 12.4 Å². The molecule has 9 heteroatoms. The van der Waals surface area contributed by atoms with Gasteiger partial charge in [-0.2, -0.15) is 5.10 Å². The predicted molar refractivity (Wildman–Crippen MR) is 141 cm³/mol. The van der Waals surface area contributed by atoms with E-state index in [0.717, 1.165) is 12.3 Å². The van der Waals surface area contributed by atoms with Crippen molar-refractivity contribution in [1.29, 1.82) is 0 Å². The molecule has 194 valence electrons. The molecule has 2 N–H and O–H groups in total. The zero-order valence-corrected chi connectivity index (χ0v) is 21.2. The van der Waals surface area contributed by atoms with Gasteiger partial charge in [-0.15, -0.1) is 0 Å². The largest absolute Gasteiger partial charge is 0.453 e. The molecule has 3 fully saturated rings. The highest BCUT2D eigenvalue weighted by Gasteiger charge is 2.45. The van der Waals surface area contributed by atoms with Gasteiger partial charge in [-0.05, 0) is 79.5 Å². The Morgan fingerprint density at radius 1 is 1.16 bits per heavy atom. The lowest BCUT2D eigenvalue weighted by molar-refractivity contribution is -0.115. The minimum Gasteiger partial charge on any atom is -0.453 e. The molecule has 3 aliphatic rings. The van der Waals surface area contributed by atoms with Crippen LogP contribution in [0.5, 0.6) is 11.5 Å². The van der Waals surface area contributed by atoms with Crippen molar-refractivity contribution in [3.05, 3.63) is 77.5 Å². The summed E-state index contributed by atoms with van der Waals surface area (Å²) in [4.78, 5) is 29.1. The van der Waals surface area contributed by atoms with E-state index in [1.165, 1.54) is 18.9 Å². The van der Waals surface area contributed by atoms with Crippen LogP contribution in [0.1, 0.15) is 46.8 Å². The number of carbonyl (C=O) groups is 2. The number of aryl methyl sites for hydroxylation is 1. The molecule has 2 aromatic carbocycles. The van der Waals surface area contributed by atoms with Gasteiger partial charge >= 0.3 is 0 Å². The minimum atomic E-state index is -0.576. The summed E-state index contributed by atoms with van der Waals surface area (Å²) in [6, 6.07) is 10.2. The summed E-state index contributed by atoms with van der Waals surface area (Å²) < 4.78 is 23.2. The van der Waals surface area contributed by atoms with E-state index in [9.17, 15) is 9.59 Å². The Labute approximate surface area is 219 Å². The highest BCUT2D eigenvalue weighted by atomic mass is 19.1. The molecule has 2 heterocycles. The Kier molecular flexibility index (Phi) is 6.06. The summed E-state index contributed by atoms with van der Waals surface area (Å²) in [6.45, 7) is 1.73. The number of ether oxygens (including phenoxy) is 1. The maximum Gasteiger partial charge on any atom is 0.251 e. The van der Waals surface area contributed by atoms with Gasteiger partial charge in [0.15, 0.2) is 11.6 Å². The summed E-state index contributed by atoms with van der Waals surface area (Å²) >= 11 is 0. The molecule has 2 aromatic heterocycles. The van der Waals surface area contributed by atoms with Gasteiger partial charge < -0.3 is 15.4 Å². The van der Waals surface area contributed by atoms with Crippen LogP contribution < -0.4 is 15.4 Å². The number of halogens is 1. The van der Waals surface area contributed by atoms with Crippen molar-refractivity contribution in [3.63, 3.8) is 0 Å². The third-order valence-electron chi connectivity index (χ3n) is 7.67. The zero-order chi connectivity index (χ0) is 26.4. The molecule has 38 heavy (non-hydrogen) atoms. The molecule has 0 radical (unpaired) electrons. The van der Waals surface area contributed by atoms with Crippen LogP contribution in [0.3, 0.4) is 0 Å². The van der Waals surface area contributed by atoms with Crippen LogP contribution in [-0.2, 0) is 11.2 Å². The summed E-state index contributed by atoms with van der Waals surface area (Å²) in [5.74, 6) is 0.915. The summed E-state index contributed by atoms with van der Waals surface area (Å²) in [7, 11) is 1.55. The number of hydrogen-bond donors (Lipinski definition) is 2. The van der Waals surface area contributed by atoms with E-state index in [0.29, 0.717) is 51.0 Å². The van der Waals surface area contributed by atoms with Crippen LogP contribution in [0.4, 0.5) is 10.1 Å². The monoisotopic (exact) mass is 513 g/mol. The number of benzene rings is 2. The lowest BCUT2D eigenvalue weighted by Crippen LogP contribution is -2.17. The van der Waals surface area contributed by atoms with Crippen LogP contribution in [-0.4, -0.2) is 33.6 Å². The molecule has 0 aliphatic heterocycles. The third kappa shape index (κ3) is 4.49. The van der Waals surface area contributed by atoms with Crippen LogP contribution >= 0.6 is 0 Å². The molecule has 4 aromatic rings. The third-order valence-corrected chi connectivity index (χ3v) is 7.67. The Bertz CT molecular complexity index is 1540. The molecule has 0 spiro atoms. The number of amides is 2. The number of pyridine rings is 1. The second-order valence-corrected chi connectivity index (χ2v) is 10.3. The highest BCUT2D eigenvalue weighted by Crippen LogP contribution is 2.54. The highest BCUT2D eigenvalue weighted by molar-refractivity contribution is 5.99. The zero-order valence-electron chi connectivity index (χ0n) is 21.2. The summed E-state index contributed by atoms with van der Waals surface area (Å²) in [5.41, 5.74) is 2.80. The number of nitrogens with zero attached hydrogens (tertiary/aromatic N) is 3. The maximum atomic E-state index is 15.2. The average Bonchev–Trinajstić information content (AvgIpc) is 3.61. The maximum absolute atomic E-state index is 15.2. The van der Waals surface area contributed by atoms with Gasteiger partial charge in [-0.25, -0.2) is 4.39 Å². The van der Waals surface area contributed by atoms with E-state index in [-0.39, 0.29) is 24.0 Å². The molecule has 1 atom stereocenters. The van der Waals surface area contributed by atoms with Gasteiger partial charge in [0.2, 0.25) is 5.91 Å². The Morgan fingerprint density at radius 2 is 2.00 bits per heavy atom. The van der Waals surface area contributed by atoms with Crippen molar-refractivity contribution >= 4 is 28.4 Å². The molecular weight excluding hydrogens is 485 g/mol. The molecule has 8 nitrogen and oxygen atoms in total. The number of carbonyl (C=O) groups excluding carboxylic acids is 2. The summed E-state index contributed by atoms with van der Waals surface area (Å²) in [5, 5.41) is 10.5. The lowest BCUT2D eigenvalue weighted by Gasteiger charge is -2.24. The Balaban J connectivity index is 1.16. The molecule has 1 unspecified atom stereocenters. The summed E-state index contributed by atoms with van der Waals surface area (Å²) in [6.07, 6.45) is 8.88. The normalized spacial score (nSPS) is 19.7. The Morgan fingerprint density at radius 3 is 2.74 bits per heavy atom. The van der Waals surface area contributed by atoms with Crippen molar-refractivity contribution in [1.82, 2.24) is 20.1 Å². The van der Waals surface area contributed by atoms with E-state index in [2.05, 4.69) is 20.7 Å². The topological polar surface area (TPSA) is 98.1 Å². The van der Waals surface area contributed by atoms with Crippen molar-refractivity contribution in [3.8, 4) is 11.5 Å². The molecule has 7 rings (SSSR count). The van der Waals surface area contributed by atoms with E-state index >= 15 is 4.39 Å². The van der Waals surface area contributed by atoms with Gasteiger partial charge in [-0.1, -0.05) is 6.07 Å². The fourth-order valence-corrected chi connectivity index (χ4v) is 5.77. The number of rotatable bonds is 7. The first-order valence-electron chi connectivity index (χ1n) is 12.8. The van der Waals surface area contributed by atoms with E-state index in [1.54, 1.807) is 56.7 Å². The number of hydrogen-bond acceptors (Lipinski definition) is 5. The van der Waals surface area contributed by atoms with Gasteiger partial charge in [0.25, 0.3) is 5.91 Å². The quantitative estimate of drug-likeness (QED) is 0.355. The number of aromatic nitrogens is 3. The minimum absolute atomic E-state index is 0.0189. The first-order valence-corrected chi connectivity index (χ1v) is 12.8. The van der Waals surface area contributed by atoms with Gasteiger partial charge in [0.05, 0.1) is 29.9 Å². The van der Waals surface area contributed by atoms with Crippen LogP contribution in [0.2, 0.25) is 0 Å². The fraction of sp³-hybridized carbons (Fsp3) is 0.310. The SMILES string of the molecule is CNC(=O)c1ccc2nccc(Oc3c(C)cc(CC(=O)Nc4cnn(C5CC6CC5C6)c4)cc3F)c2c1. The van der Waals surface area contributed by atoms with E-state index in [1.807, 2.05) is 10.9 Å². The van der Waals surface area contributed by atoms with Crippen molar-refractivity contribution in [2.24, 2.45) is 11.8 Å². The van der Waals surface area contributed by atoms with Gasteiger partial charge in [0, 0.05) is 30.4 Å². The molecule has 3 saturated carbocycles. The standard InChI is InChI=1S/C29H28FN5O3/c1-16-7-17(12-27(36)34-21-14-33-35(15-21)25-11-18-8-20(25)9-18)10-23(30)28(16)38-26-5-6-32-24-4-3-19(13-22(24)26)29(37)31-2/h3-7,10,13-15,18,20,25H,8-9,11-12H2,1-2H3,(H,31,37)(H,34,36). The van der Waals surface area contributed by atoms with Gasteiger partial charge in [0.1, 0.15) is 5.75 Å². The Hall–Kier alpha value is -4.27. The molecule has 2 amide bonds. The first kappa shape index (κ1) is 24.1. The number of anilines is 1. The first-order chi connectivity index (χ1) is 18.4. The molecule has 0 saturated heterocycles. The predicted octanol–water partition coefficient (Wildman–Crippen LogP) is 5.18. The smallest absolute Gasteiger partial charge is 0.251 e. The lowest BCUT2D eigenvalue weighted by atomic mass is 9.84. The second kappa shape index (κ2) is 9.55. The molecule has 3 aliphatic carbocycles. The van der Waals surface area contributed by atoms with Gasteiger partial charge in [-0.3, -0.25) is 19.3 Å². The van der Waals surface area contributed by atoms with Crippen molar-refractivity contribution in [2.45, 2.75) is 38.6 Å².